The lowest BCUT2D eigenvalue weighted by Crippen LogP contribution is -2.40. The molecule has 29 heavy (non-hydrogen) atoms. The molecule has 0 radical (unpaired) electrons. The lowest BCUT2D eigenvalue weighted by Gasteiger charge is -2.29. The number of carbonyl (C=O) groups is 1. The zero-order chi connectivity index (χ0) is 20.1. The van der Waals surface area contributed by atoms with E-state index in [0.29, 0.717) is 18.9 Å². The van der Waals surface area contributed by atoms with Gasteiger partial charge in [-0.2, -0.15) is 0 Å². The van der Waals surface area contributed by atoms with Crippen molar-refractivity contribution in [1.29, 1.82) is 0 Å². The second-order valence-corrected chi connectivity index (χ2v) is 9.56. The third-order valence-corrected chi connectivity index (χ3v) is 6.99. The van der Waals surface area contributed by atoms with Gasteiger partial charge in [0.1, 0.15) is 11.0 Å². The number of aliphatic hydroxyl groups is 1. The number of aliphatic hydroxyl groups excluding tert-OH is 1. The largest absolute Gasteiger partial charge is 0.391 e. The van der Waals surface area contributed by atoms with Crippen LogP contribution in [0.15, 0.2) is 30.5 Å². The molecule has 1 N–H and O–H groups in total. The highest BCUT2D eigenvalue weighted by atomic mass is 32.1. The number of likely N-dealkylation sites (tertiary alicyclic amines) is 1. The summed E-state index contributed by atoms with van der Waals surface area (Å²) < 4.78 is 2.82. The molecule has 1 saturated heterocycles. The van der Waals surface area contributed by atoms with Crippen molar-refractivity contribution in [3.8, 4) is 0 Å². The number of thiazole rings is 1. The molecule has 2 fully saturated rings. The SMILES string of the molecule is CC(C)C(C(=O)N1C[C@H](O)C[C@H]1c1nc2ccccc2s1)n1cc(C2CC2)nn1. The zero-order valence-electron chi connectivity index (χ0n) is 16.6. The third kappa shape index (κ3) is 3.44. The van der Waals surface area contributed by atoms with Crippen LogP contribution in [0.2, 0.25) is 0 Å². The number of fused-ring (bicyclic) bond motifs is 1. The highest BCUT2D eigenvalue weighted by Crippen LogP contribution is 2.40. The topological polar surface area (TPSA) is 84.1 Å². The van der Waals surface area contributed by atoms with Crippen LogP contribution >= 0.6 is 11.3 Å². The smallest absolute Gasteiger partial charge is 0.248 e. The molecule has 1 aliphatic carbocycles. The van der Waals surface area contributed by atoms with Crippen molar-refractivity contribution in [2.24, 2.45) is 5.92 Å². The molecule has 0 bridgehead atoms. The van der Waals surface area contributed by atoms with Crippen molar-refractivity contribution in [2.75, 3.05) is 6.54 Å². The van der Waals surface area contributed by atoms with E-state index < -0.39 is 12.1 Å². The molecule has 7 nitrogen and oxygen atoms in total. The first-order chi connectivity index (χ1) is 14.0. The first-order valence-electron chi connectivity index (χ1n) is 10.3. The molecule has 1 aliphatic heterocycles. The van der Waals surface area contributed by atoms with Gasteiger partial charge in [-0.3, -0.25) is 4.79 Å². The minimum absolute atomic E-state index is 0.0203. The van der Waals surface area contributed by atoms with E-state index in [4.69, 9.17) is 4.98 Å². The minimum Gasteiger partial charge on any atom is -0.391 e. The fraction of sp³-hybridized carbons (Fsp3) is 0.524. The van der Waals surface area contributed by atoms with Gasteiger partial charge in [-0.15, -0.1) is 16.4 Å². The van der Waals surface area contributed by atoms with Gasteiger partial charge in [-0.05, 0) is 30.9 Å². The minimum atomic E-state index is -0.540. The summed E-state index contributed by atoms with van der Waals surface area (Å²) in [5.41, 5.74) is 1.92. The molecule has 152 valence electrons. The van der Waals surface area contributed by atoms with Crippen molar-refractivity contribution in [3.63, 3.8) is 0 Å². The van der Waals surface area contributed by atoms with Crippen LogP contribution in [0.4, 0.5) is 0 Å². The molecule has 8 heteroatoms. The van der Waals surface area contributed by atoms with Crippen LogP contribution in [0.1, 0.15) is 61.8 Å². The molecule has 0 spiro atoms. The average Bonchev–Trinajstić information content (AvgIpc) is 3.11. The highest BCUT2D eigenvalue weighted by molar-refractivity contribution is 7.18. The molecule has 1 amide bonds. The summed E-state index contributed by atoms with van der Waals surface area (Å²) in [6, 6.07) is 7.35. The number of rotatable bonds is 5. The maximum atomic E-state index is 13.6. The fourth-order valence-corrected chi connectivity index (χ4v) is 5.28. The molecule has 1 unspecified atom stereocenters. The number of hydrogen-bond acceptors (Lipinski definition) is 6. The highest BCUT2D eigenvalue weighted by Gasteiger charge is 2.41. The fourth-order valence-electron chi connectivity index (χ4n) is 4.19. The van der Waals surface area contributed by atoms with Crippen LogP contribution in [0.3, 0.4) is 0 Å². The van der Waals surface area contributed by atoms with Gasteiger partial charge in [0.25, 0.3) is 0 Å². The second kappa shape index (κ2) is 7.18. The van der Waals surface area contributed by atoms with Gasteiger partial charge >= 0.3 is 0 Å². The maximum absolute atomic E-state index is 13.6. The van der Waals surface area contributed by atoms with Crippen LogP contribution in [0.25, 0.3) is 10.2 Å². The van der Waals surface area contributed by atoms with Gasteiger partial charge in [-0.25, -0.2) is 9.67 Å². The molecule has 2 aromatic heterocycles. The van der Waals surface area contributed by atoms with Gasteiger partial charge in [-0.1, -0.05) is 31.2 Å². The zero-order valence-corrected chi connectivity index (χ0v) is 17.4. The molecule has 3 aromatic rings. The van der Waals surface area contributed by atoms with Crippen molar-refractivity contribution < 1.29 is 9.90 Å². The normalized spacial score (nSPS) is 23.2. The van der Waals surface area contributed by atoms with Crippen LogP contribution in [0.5, 0.6) is 0 Å². The number of para-hydroxylation sites is 1. The quantitative estimate of drug-likeness (QED) is 0.696. The van der Waals surface area contributed by atoms with Gasteiger partial charge in [0.15, 0.2) is 0 Å². The van der Waals surface area contributed by atoms with E-state index in [9.17, 15) is 9.90 Å². The number of benzene rings is 1. The first kappa shape index (κ1) is 18.7. The summed E-state index contributed by atoms with van der Waals surface area (Å²) in [6.45, 7) is 4.38. The number of amides is 1. The van der Waals surface area contributed by atoms with Crippen LogP contribution < -0.4 is 0 Å². The van der Waals surface area contributed by atoms with Crippen molar-refractivity contribution in [1.82, 2.24) is 24.9 Å². The summed E-state index contributed by atoms with van der Waals surface area (Å²) in [6.07, 6.45) is 4.20. The number of hydrogen-bond donors (Lipinski definition) is 1. The van der Waals surface area contributed by atoms with Crippen LogP contribution in [-0.2, 0) is 4.79 Å². The summed E-state index contributed by atoms with van der Waals surface area (Å²) in [4.78, 5) is 20.2. The van der Waals surface area contributed by atoms with Crippen LogP contribution in [0, 0.1) is 5.92 Å². The monoisotopic (exact) mass is 411 g/mol. The summed E-state index contributed by atoms with van der Waals surface area (Å²) >= 11 is 1.60. The molecular formula is C21H25N5O2S. The van der Waals surface area contributed by atoms with Gasteiger partial charge in [0.05, 0.1) is 28.1 Å². The lowest BCUT2D eigenvalue weighted by atomic mass is 10.0. The Hall–Kier alpha value is -2.32. The predicted molar refractivity (Wildman–Crippen MR) is 111 cm³/mol. The Morgan fingerprint density at radius 3 is 2.79 bits per heavy atom. The Morgan fingerprint density at radius 2 is 2.07 bits per heavy atom. The van der Waals surface area contributed by atoms with Crippen LogP contribution in [-0.4, -0.2) is 48.5 Å². The van der Waals surface area contributed by atoms with Crippen molar-refractivity contribution in [3.05, 3.63) is 41.2 Å². The Morgan fingerprint density at radius 1 is 1.28 bits per heavy atom. The molecule has 1 saturated carbocycles. The van der Waals surface area contributed by atoms with Gasteiger partial charge in [0.2, 0.25) is 5.91 Å². The van der Waals surface area contributed by atoms with E-state index in [2.05, 4.69) is 10.3 Å². The van der Waals surface area contributed by atoms with Crippen molar-refractivity contribution >= 4 is 27.5 Å². The van der Waals surface area contributed by atoms with E-state index in [1.165, 1.54) is 0 Å². The van der Waals surface area contributed by atoms with Gasteiger partial charge in [0, 0.05) is 25.1 Å². The molecular weight excluding hydrogens is 386 g/mol. The number of aromatic nitrogens is 4. The summed E-state index contributed by atoms with van der Waals surface area (Å²) in [5, 5.41) is 19.8. The number of β-amino-alcohol motifs (C(OH)–C–C–N with tert-alkyl or cyclic N) is 1. The predicted octanol–water partition coefficient (Wildman–Crippen LogP) is 3.30. The third-order valence-electron chi connectivity index (χ3n) is 5.85. The Kier molecular flexibility index (Phi) is 4.63. The average molecular weight is 412 g/mol. The molecule has 1 aromatic carbocycles. The molecule has 3 atom stereocenters. The van der Waals surface area contributed by atoms with E-state index >= 15 is 0 Å². The Balaban J connectivity index is 1.46. The molecule has 2 aliphatic rings. The standard InChI is InChI=1S/C21H25N5O2S/c1-12(2)19(26-11-16(23-24-26)13-7-8-13)21(28)25-10-14(27)9-17(25)20-22-15-5-3-4-6-18(15)29-20/h3-6,11-14,17,19,27H,7-10H2,1-2H3/t14-,17+,19?/m1/s1. The summed E-state index contributed by atoms with van der Waals surface area (Å²) in [7, 11) is 0. The number of nitrogens with zero attached hydrogens (tertiary/aromatic N) is 5. The van der Waals surface area contributed by atoms with E-state index in [1.54, 1.807) is 20.9 Å². The first-order valence-corrected chi connectivity index (χ1v) is 11.1. The maximum Gasteiger partial charge on any atom is 0.248 e. The van der Waals surface area contributed by atoms with E-state index in [1.807, 2.05) is 44.3 Å². The second-order valence-electron chi connectivity index (χ2n) is 8.50. The Bertz CT molecular complexity index is 1010. The molecule has 5 rings (SSSR count). The van der Waals surface area contributed by atoms with Gasteiger partial charge < -0.3 is 10.0 Å². The number of carbonyl (C=O) groups excluding carboxylic acids is 1. The van der Waals surface area contributed by atoms with E-state index in [0.717, 1.165) is 33.8 Å². The Labute approximate surface area is 173 Å². The molecule has 3 heterocycles. The lowest BCUT2D eigenvalue weighted by molar-refractivity contribution is -0.137. The van der Waals surface area contributed by atoms with Crippen molar-refractivity contribution in [2.45, 2.75) is 57.2 Å². The van der Waals surface area contributed by atoms with E-state index in [-0.39, 0.29) is 17.9 Å². The summed E-state index contributed by atoms with van der Waals surface area (Å²) in [5.74, 6) is 0.536.